The number of anilines is 1. The number of furan rings is 1. The summed E-state index contributed by atoms with van der Waals surface area (Å²) >= 11 is 0. The van der Waals surface area contributed by atoms with E-state index in [0.29, 0.717) is 29.1 Å². The molecule has 7 nitrogen and oxygen atoms in total. The van der Waals surface area contributed by atoms with Gasteiger partial charge < -0.3 is 19.9 Å². The van der Waals surface area contributed by atoms with Crippen molar-refractivity contribution in [1.29, 1.82) is 0 Å². The molecule has 0 aliphatic heterocycles. The number of carboxylic acids is 1. The molecule has 8 heteroatoms. The van der Waals surface area contributed by atoms with E-state index in [9.17, 15) is 19.4 Å². The average molecular weight is 431 g/mol. The molecule has 0 aliphatic rings. The first-order valence-electron chi connectivity index (χ1n) is 9.63. The average Bonchev–Trinajstić information content (AvgIpc) is 3.27. The summed E-state index contributed by atoms with van der Waals surface area (Å²) < 4.78 is 19.0. The molecule has 0 unspecified atom stereocenters. The third kappa shape index (κ3) is 4.99. The third-order valence-electron chi connectivity index (χ3n) is 4.55. The van der Waals surface area contributed by atoms with Crippen LogP contribution in [0.3, 0.4) is 0 Å². The van der Waals surface area contributed by atoms with E-state index in [0.717, 1.165) is 11.6 Å². The van der Waals surface area contributed by atoms with Crippen LogP contribution in [0.2, 0.25) is 0 Å². The fourth-order valence-electron chi connectivity index (χ4n) is 3.10. The summed E-state index contributed by atoms with van der Waals surface area (Å²) in [6, 6.07) is 16.3. The second-order valence-corrected chi connectivity index (χ2v) is 6.91. The SMILES string of the molecule is O=C(O)/C(=C/c1ccco1)Nc1ncc(-c2cc(O)cc(F)c2)nc1Cc1ccccc1. The van der Waals surface area contributed by atoms with E-state index in [-0.39, 0.29) is 17.3 Å². The standard InChI is InChI=1S/C24H18FN3O4/c25-17-10-16(11-18(29)12-17)22-14-26-23(20(27-22)9-15-5-2-1-3-6-15)28-21(24(30)31)13-19-7-4-8-32-19/h1-8,10-14,29H,9H2,(H,26,28)(H,30,31)/b21-13-. The van der Waals surface area contributed by atoms with Gasteiger partial charge in [-0.15, -0.1) is 0 Å². The quantitative estimate of drug-likeness (QED) is 0.364. The minimum absolute atomic E-state index is 0.153. The first-order valence-corrected chi connectivity index (χ1v) is 9.63. The van der Waals surface area contributed by atoms with E-state index in [1.807, 2.05) is 30.3 Å². The number of phenolic OH excluding ortho intramolecular Hbond substituents is 1. The molecular formula is C24H18FN3O4. The highest BCUT2D eigenvalue weighted by Crippen LogP contribution is 2.26. The highest BCUT2D eigenvalue weighted by molar-refractivity contribution is 5.95. The molecule has 160 valence electrons. The van der Waals surface area contributed by atoms with Crippen molar-refractivity contribution in [1.82, 2.24) is 9.97 Å². The van der Waals surface area contributed by atoms with E-state index in [1.165, 1.54) is 30.7 Å². The molecule has 0 aliphatic carbocycles. The highest BCUT2D eigenvalue weighted by atomic mass is 19.1. The second kappa shape index (κ2) is 9.13. The van der Waals surface area contributed by atoms with Crippen molar-refractivity contribution in [2.75, 3.05) is 5.32 Å². The molecule has 0 bridgehead atoms. The third-order valence-corrected chi connectivity index (χ3v) is 4.55. The summed E-state index contributed by atoms with van der Waals surface area (Å²) in [5, 5.41) is 22.2. The van der Waals surface area contributed by atoms with Crippen molar-refractivity contribution in [2.45, 2.75) is 6.42 Å². The first kappa shape index (κ1) is 20.8. The van der Waals surface area contributed by atoms with Crippen molar-refractivity contribution >= 4 is 17.9 Å². The van der Waals surface area contributed by atoms with Gasteiger partial charge in [-0.1, -0.05) is 30.3 Å². The zero-order chi connectivity index (χ0) is 22.5. The largest absolute Gasteiger partial charge is 0.508 e. The van der Waals surface area contributed by atoms with Crippen LogP contribution >= 0.6 is 0 Å². The fraction of sp³-hybridized carbons (Fsp3) is 0.0417. The number of benzene rings is 2. The fourth-order valence-corrected chi connectivity index (χ4v) is 3.10. The smallest absolute Gasteiger partial charge is 0.352 e. The van der Waals surface area contributed by atoms with Crippen LogP contribution in [0.25, 0.3) is 17.3 Å². The monoisotopic (exact) mass is 431 g/mol. The number of aromatic nitrogens is 2. The number of phenols is 1. The Morgan fingerprint density at radius 3 is 2.62 bits per heavy atom. The van der Waals surface area contributed by atoms with Crippen molar-refractivity contribution < 1.29 is 23.8 Å². The van der Waals surface area contributed by atoms with Gasteiger partial charge in [0.2, 0.25) is 0 Å². The van der Waals surface area contributed by atoms with E-state index < -0.39 is 11.8 Å². The molecule has 32 heavy (non-hydrogen) atoms. The Bertz CT molecular complexity index is 1250. The molecule has 0 fully saturated rings. The summed E-state index contributed by atoms with van der Waals surface area (Å²) in [6.45, 7) is 0. The number of nitrogens with one attached hydrogen (secondary N) is 1. The molecule has 0 saturated heterocycles. The van der Waals surface area contributed by atoms with Gasteiger partial charge in [-0.05, 0) is 29.8 Å². The lowest BCUT2D eigenvalue weighted by Gasteiger charge is -2.13. The van der Waals surface area contributed by atoms with Crippen LogP contribution < -0.4 is 5.32 Å². The molecular weight excluding hydrogens is 413 g/mol. The van der Waals surface area contributed by atoms with Crippen molar-refractivity contribution in [3.8, 4) is 17.0 Å². The van der Waals surface area contributed by atoms with Gasteiger partial charge in [-0.2, -0.15) is 0 Å². The summed E-state index contributed by atoms with van der Waals surface area (Å²) in [7, 11) is 0. The Kier molecular flexibility index (Phi) is 5.94. The van der Waals surface area contributed by atoms with Gasteiger partial charge in [0.05, 0.1) is 23.8 Å². The predicted molar refractivity (Wildman–Crippen MR) is 116 cm³/mol. The van der Waals surface area contributed by atoms with E-state index in [4.69, 9.17) is 4.42 Å². The molecule has 0 spiro atoms. The molecule has 0 radical (unpaired) electrons. The highest BCUT2D eigenvalue weighted by Gasteiger charge is 2.16. The van der Waals surface area contributed by atoms with Crippen LogP contribution in [-0.4, -0.2) is 26.2 Å². The zero-order valence-electron chi connectivity index (χ0n) is 16.7. The van der Waals surface area contributed by atoms with E-state index >= 15 is 0 Å². The van der Waals surface area contributed by atoms with Crippen LogP contribution in [0.4, 0.5) is 10.2 Å². The Hall–Kier alpha value is -4.46. The van der Waals surface area contributed by atoms with Crippen LogP contribution in [0.15, 0.2) is 83.2 Å². The molecule has 4 aromatic rings. The van der Waals surface area contributed by atoms with E-state index in [2.05, 4.69) is 15.3 Å². The summed E-state index contributed by atoms with van der Waals surface area (Å²) in [5.74, 6) is -1.45. The molecule has 2 aromatic heterocycles. The number of halogens is 1. The summed E-state index contributed by atoms with van der Waals surface area (Å²) in [5.41, 5.74) is 1.91. The second-order valence-electron chi connectivity index (χ2n) is 6.91. The van der Waals surface area contributed by atoms with Gasteiger partial charge in [-0.25, -0.2) is 19.2 Å². The zero-order valence-corrected chi connectivity index (χ0v) is 16.7. The normalized spacial score (nSPS) is 11.3. The maximum Gasteiger partial charge on any atom is 0.352 e. The van der Waals surface area contributed by atoms with Gasteiger partial charge in [0, 0.05) is 24.1 Å². The molecule has 2 aromatic carbocycles. The van der Waals surface area contributed by atoms with Gasteiger partial charge in [0.15, 0.2) is 5.82 Å². The maximum atomic E-state index is 13.8. The van der Waals surface area contributed by atoms with Crippen molar-refractivity contribution in [3.63, 3.8) is 0 Å². The number of nitrogens with zero attached hydrogens (tertiary/aromatic N) is 2. The van der Waals surface area contributed by atoms with Gasteiger partial charge in [0.25, 0.3) is 0 Å². The Balaban J connectivity index is 1.76. The number of hydrogen-bond acceptors (Lipinski definition) is 6. The summed E-state index contributed by atoms with van der Waals surface area (Å²) in [4.78, 5) is 20.7. The van der Waals surface area contributed by atoms with Gasteiger partial charge in [-0.3, -0.25) is 0 Å². The number of aromatic hydroxyl groups is 1. The maximum absolute atomic E-state index is 13.8. The predicted octanol–water partition coefficient (Wildman–Crippen LogP) is 4.71. The lowest BCUT2D eigenvalue weighted by Crippen LogP contribution is -2.14. The number of hydrogen-bond donors (Lipinski definition) is 3. The minimum atomic E-state index is -1.20. The summed E-state index contributed by atoms with van der Waals surface area (Å²) in [6.07, 6.45) is 4.51. The number of carbonyl (C=O) groups is 1. The molecule has 0 saturated carbocycles. The Morgan fingerprint density at radius 1 is 1.12 bits per heavy atom. The molecule has 0 amide bonds. The van der Waals surface area contributed by atoms with Crippen LogP contribution in [0.5, 0.6) is 5.75 Å². The van der Waals surface area contributed by atoms with Crippen molar-refractivity contribution in [3.05, 3.63) is 102 Å². The molecule has 4 rings (SSSR count). The van der Waals surface area contributed by atoms with Crippen LogP contribution in [-0.2, 0) is 11.2 Å². The lowest BCUT2D eigenvalue weighted by molar-refractivity contribution is -0.132. The first-order chi connectivity index (χ1) is 15.5. The Morgan fingerprint density at radius 2 is 1.94 bits per heavy atom. The number of carboxylic acid groups (broad SMARTS) is 1. The minimum Gasteiger partial charge on any atom is -0.508 e. The molecule has 0 atom stereocenters. The number of aliphatic carboxylic acids is 1. The van der Waals surface area contributed by atoms with E-state index in [1.54, 1.807) is 12.1 Å². The van der Waals surface area contributed by atoms with Crippen molar-refractivity contribution in [2.24, 2.45) is 0 Å². The topological polar surface area (TPSA) is 108 Å². The van der Waals surface area contributed by atoms with Gasteiger partial charge in [0.1, 0.15) is 23.0 Å². The lowest BCUT2D eigenvalue weighted by atomic mass is 10.1. The van der Waals surface area contributed by atoms with Gasteiger partial charge >= 0.3 is 5.97 Å². The molecule has 3 N–H and O–H groups in total. The Labute approximate surface area is 182 Å². The van der Waals surface area contributed by atoms with Crippen LogP contribution in [0, 0.1) is 5.82 Å². The number of rotatable bonds is 7. The van der Waals surface area contributed by atoms with Crippen LogP contribution in [0.1, 0.15) is 17.0 Å². The molecule has 2 heterocycles.